The minimum absolute atomic E-state index is 0.266. The van der Waals surface area contributed by atoms with Crippen molar-refractivity contribution in [2.45, 2.75) is 23.8 Å². The minimum atomic E-state index is -0.541. The van der Waals surface area contributed by atoms with Gasteiger partial charge in [-0.3, -0.25) is 0 Å². The monoisotopic (exact) mass is 334 g/mol. The van der Waals surface area contributed by atoms with Gasteiger partial charge in [-0.25, -0.2) is 0 Å². The molecule has 0 aromatic heterocycles. The quantitative estimate of drug-likeness (QED) is 0.674. The Labute approximate surface area is 135 Å². The van der Waals surface area contributed by atoms with Crippen molar-refractivity contribution in [3.8, 4) is 11.5 Å². The number of nitrogens with two attached hydrogens (primary N) is 1. The SMILES string of the molecule is CCOc1ccc(OC[C@H](O)C[NH2+]C[C@H]2CC2(Cl)Cl)cc1. The molecular formula is C15H22Cl2NO3+. The zero-order chi connectivity index (χ0) is 15.3. The molecule has 0 spiro atoms. The highest BCUT2D eigenvalue weighted by Crippen LogP contribution is 2.52. The van der Waals surface area contributed by atoms with Crippen LogP contribution in [0.3, 0.4) is 0 Å². The maximum absolute atomic E-state index is 9.87. The van der Waals surface area contributed by atoms with Gasteiger partial charge in [0.25, 0.3) is 0 Å². The molecule has 0 aliphatic heterocycles. The average Bonchev–Trinajstić information content (AvgIpc) is 3.06. The molecule has 0 saturated heterocycles. The molecule has 0 unspecified atom stereocenters. The molecule has 1 aliphatic rings. The van der Waals surface area contributed by atoms with Gasteiger partial charge in [0.1, 0.15) is 35.1 Å². The summed E-state index contributed by atoms with van der Waals surface area (Å²) in [6, 6.07) is 7.37. The van der Waals surface area contributed by atoms with Gasteiger partial charge in [0.2, 0.25) is 0 Å². The normalized spacial score (nSPS) is 20.9. The molecule has 2 rings (SSSR count). The zero-order valence-electron chi connectivity index (χ0n) is 12.1. The Morgan fingerprint density at radius 2 is 1.86 bits per heavy atom. The lowest BCUT2D eigenvalue weighted by Gasteiger charge is -2.12. The van der Waals surface area contributed by atoms with E-state index < -0.39 is 10.4 Å². The number of halogens is 2. The molecule has 2 atom stereocenters. The first-order valence-electron chi connectivity index (χ1n) is 7.24. The van der Waals surface area contributed by atoms with Gasteiger partial charge in [-0.05, 0) is 37.6 Å². The van der Waals surface area contributed by atoms with Crippen LogP contribution in [-0.4, -0.2) is 41.8 Å². The molecule has 0 bridgehead atoms. The maximum atomic E-state index is 9.87. The van der Waals surface area contributed by atoms with Crippen LogP contribution in [0.4, 0.5) is 0 Å². The van der Waals surface area contributed by atoms with Gasteiger partial charge in [-0.2, -0.15) is 0 Å². The topological polar surface area (TPSA) is 55.3 Å². The van der Waals surface area contributed by atoms with Gasteiger partial charge < -0.3 is 19.9 Å². The van der Waals surface area contributed by atoms with Crippen molar-refractivity contribution in [2.24, 2.45) is 5.92 Å². The largest absolute Gasteiger partial charge is 0.494 e. The molecule has 1 saturated carbocycles. The van der Waals surface area contributed by atoms with Crippen LogP contribution in [0.5, 0.6) is 11.5 Å². The summed E-state index contributed by atoms with van der Waals surface area (Å²) in [6.45, 7) is 4.27. The van der Waals surface area contributed by atoms with E-state index in [2.05, 4.69) is 0 Å². The maximum Gasteiger partial charge on any atom is 0.137 e. The first kappa shape index (κ1) is 16.7. The Balaban J connectivity index is 1.60. The number of aliphatic hydroxyl groups excluding tert-OH is 1. The van der Waals surface area contributed by atoms with Crippen molar-refractivity contribution in [1.29, 1.82) is 0 Å². The first-order valence-corrected chi connectivity index (χ1v) is 8.00. The smallest absolute Gasteiger partial charge is 0.137 e. The summed E-state index contributed by atoms with van der Waals surface area (Å²) in [5.74, 6) is 1.87. The van der Waals surface area contributed by atoms with E-state index in [1.54, 1.807) is 0 Å². The number of hydrogen-bond acceptors (Lipinski definition) is 3. The third-order valence-corrected chi connectivity index (χ3v) is 4.35. The molecule has 6 heteroatoms. The minimum Gasteiger partial charge on any atom is -0.494 e. The van der Waals surface area contributed by atoms with E-state index in [-0.39, 0.29) is 6.61 Å². The number of quaternary nitrogens is 1. The fourth-order valence-electron chi connectivity index (χ4n) is 2.07. The number of ether oxygens (including phenoxy) is 2. The van der Waals surface area contributed by atoms with Gasteiger partial charge in [-0.1, -0.05) is 0 Å². The lowest BCUT2D eigenvalue weighted by Crippen LogP contribution is -2.87. The highest BCUT2D eigenvalue weighted by molar-refractivity contribution is 6.50. The molecule has 1 fully saturated rings. The number of hydrogen-bond donors (Lipinski definition) is 2. The van der Waals surface area contributed by atoms with Gasteiger partial charge in [-0.15, -0.1) is 23.2 Å². The van der Waals surface area contributed by atoms with Crippen molar-refractivity contribution in [2.75, 3.05) is 26.3 Å². The first-order chi connectivity index (χ1) is 10.0. The summed E-state index contributed by atoms with van der Waals surface area (Å²) < 4.78 is 10.3. The molecule has 118 valence electrons. The Morgan fingerprint density at radius 1 is 1.29 bits per heavy atom. The van der Waals surface area contributed by atoms with Crippen molar-refractivity contribution >= 4 is 23.2 Å². The molecule has 21 heavy (non-hydrogen) atoms. The highest BCUT2D eigenvalue weighted by Gasteiger charge is 2.52. The molecule has 1 aromatic carbocycles. The van der Waals surface area contributed by atoms with Crippen molar-refractivity contribution in [3.63, 3.8) is 0 Å². The van der Waals surface area contributed by atoms with Crippen LogP contribution in [0.15, 0.2) is 24.3 Å². The van der Waals surface area contributed by atoms with E-state index in [1.165, 1.54) is 0 Å². The average molecular weight is 335 g/mol. The van der Waals surface area contributed by atoms with Crippen LogP contribution in [-0.2, 0) is 0 Å². The summed E-state index contributed by atoms with van der Waals surface area (Å²) in [5, 5.41) is 11.9. The van der Waals surface area contributed by atoms with Gasteiger partial charge in [0, 0.05) is 5.92 Å². The van der Waals surface area contributed by atoms with Crippen LogP contribution >= 0.6 is 23.2 Å². The number of alkyl halides is 2. The summed E-state index contributed by atoms with van der Waals surface area (Å²) in [5.41, 5.74) is 0. The predicted molar refractivity (Wildman–Crippen MR) is 83.3 cm³/mol. The second-order valence-corrected chi connectivity index (χ2v) is 6.83. The van der Waals surface area contributed by atoms with E-state index in [0.29, 0.717) is 19.1 Å². The van der Waals surface area contributed by atoms with E-state index in [1.807, 2.05) is 36.5 Å². The van der Waals surface area contributed by atoms with Gasteiger partial charge >= 0.3 is 0 Å². The Hall–Kier alpha value is -0.680. The number of rotatable bonds is 9. The zero-order valence-corrected chi connectivity index (χ0v) is 13.6. The Bertz CT molecular complexity index is 439. The van der Waals surface area contributed by atoms with Gasteiger partial charge in [0.05, 0.1) is 13.2 Å². The van der Waals surface area contributed by atoms with Crippen LogP contribution in [0.1, 0.15) is 13.3 Å². The van der Waals surface area contributed by atoms with E-state index in [9.17, 15) is 5.11 Å². The van der Waals surface area contributed by atoms with E-state index in [0.717, 1.165) is 24.5 Å². The lowest BCUT2D eigenvalue weighted by molar-refractivity contribution is -0.663. The summed E-state index contributed by atoms with van der Waals surface area (Å²) in [4.78, 5) is 0. The molecule has 4 nitrogen and oxygen atoms in total. The van der Waals surface area contributed by atoms with Crippen LogP contribution < -0.4 is 14.8 Å². The van der Waals surface area contributed by atoms with Crippen LogP contribution in [0, 0.1) is 5.92 Å². The second-order valence-electron chi connectivity index (χ2n) is 5.29. The standard InChI is InChI=1S/C15H21Cl2NO3/c1-2-20-13-3-5-14(6-4-13)21-10-12(19)9-18-8-11-7-15(11,16)17/h3-6,11-12,18-19H,2,7-10H2,1H3/p+1/t11-,12-/m1/s1. The molecule has 1 aliphatic carbocycles. The van der Waals surface area contributed by atoms with Crippen molar-refractivity contribution in [3.05, 3.63) is 24.3 Å². The Kier molecular flexibility index (Phi) is 5.99. The fraction of sp³-hybridized carbons (Fsp3) is 0.600. The lowest BCUT2D eigenvalue weighted by atomic mass is 10.3. The molecule has 0 amide bonds. The predicted octanol–water partition coefficient (Wildman–Crippen LogP) is 1.58. The third kappa shape index (κ3) is 5.55. The summed E-state index contributed by atoms with van der Waals surface area (Å²) in [7, 11) is 0. The number of benzene rings is 1. The van der Waals surface area contributed by atoms with E-state index >= 15 is 0 Å². The molecular weight excluding hydrogens is 313 g/mol. The van der Waals surface area contributed by atoms with Crippen molar-refractivity contribution < 1.29 is 19.9 Å². The number of aliphatic hydroxyl groups is 1. The second kappa shape index (κ2) is 7.54. The Morgan fingerprint density at radius 3 is 2.38 bits per heavy atom. The molecule has 3 N–H and O–H groups in total. The summed E-state index contributed by atoms with van der Waals surface area (Å²) >= 11 is 11.9. The van der Waals surface area contributed by atoms with Crippen LogP contribution in [0.25, 0.3) is 0 Å². The molecule has 0 heterocycles. The third-order valence-electron chi connectivity index (χ3n) is 3.42. The van der Waals surface area contributed by atoms with Crippen LogP contribution in [0.2, 0.25) is 0 Å². The summed E-state index contributed by atoms with van der Waals surface area (Å²) in [6.07, 6.45) is 0.321. The van der Waals surface area contributed by atoms with Crippen molar-refractivity contribution in [1.82, 2.24) is 0 Å². The van der Waals surface area contributed by atoms with E-state index in [4.69, 9.17) is 32.7 Å². The molecule has 0 radical (unpaired) electrons. The van der Waals surface area contributed by atoms with Gasteiger partial charge in [0.15, 0.2) is 0 Å². The fourth-order valence-corrected chi connectivity index (χ4v) is 2.63. The highest BCUT2D eigenvalue weighted by atomic mass is 35.5. The molecule has 1 aromatic rings.